The van der Waals surface area contributed by atoms with Crippen LogP contribution < -0.4 is 5.32 Å². The molecule has 0 aromatic heterocycles. The van der Waals surface area contributed by atoms with E-state index >= 15 is 0 Å². The second-order valence-corrected chi connectivity index (χ2v) is 4.57. The Morgan fingerprint density at radius 2 is 1.89 bits per heavy atom. The van der Waals surface area contributed by atoms with Gasteiger partial charge in [-0.1, -0.05) is 30.3 Å². The number of aliphatic hydroxyl groups is 1. The van der Waals surface area contributed by atoms with Gasteiger partial charge in [-0.3, -0.25) is 4.79 Å². The van der Waals surface area contributed by atoms with Gasteiger partial charge in [0, 0.05) is 11.3 Å². The molecule has 0 heterocycles. The zero-order valence-corrected chi connectivity index (χ0v) is 11.1. The van der Waals surface area contributed by atoms with Crippen LogP contribution in [0.3, 0.4) is 0 Å². The molecule has 19 heavy (non-hydrogen) atoms. The lowest BCUT2D eigenvalue weighted by Crippen LogP contribution is -2.13. The van der Waals surface area contributed by atoms with Gasteiger partial charge in [0.2, 0.25) is 0 Å². The Morgan fingerprint density at radius 1 is 1.16 bits per heavy atom. The molecule has 2 aromatic carbocycles. The van der Waals surface area contributed by atoms with Crippen LogP contribution in [0.5, 0.6) is 0 Å². The van der Waals surface area contributed by atoms with Crippen molar-refractivity contribution >= 4 is 11.6 Å². The number of hydrogen-bond acceptors (Lipinski definition) is 2. The van der Waals surface area contributed by atoms with E-state index < -0.39 is 6.10 Å². The smallest absolute Gasteiger partial charge is 0.255 e. The van der Waals surface area contributed by atoms with E-state index in [4.69, 9.17) is 0 Å². The van der Waals surface area contributed by atoms with Crippen LogP contribution in [0.1, 0.15) is 34.5 Å². The van der Waals surface area contributed by atoms with E-state index in [1.165, 1.54) is 0 Å². The first-order chi connectivity index (χ1) is 9.08. The lowest BCUT2D eigenvalue weighted by atomic mass is 10.1. The van der Waals surface area contributed by atoms with Crippen molar-refractivity contribution in [2.75, 3.05) is 5.32 Å². The van der Waals surface area contributed by atoms with Crippen molar-refractivity contribution in [3.63, 3.8) is 0 Å². The molecule has 0 fully saturated rings. The highest BCUT2D eigenvalue weighted by Gasteiger charge is 2.09. The standard InChI is InChI=1S/C16H17NO2/c1-11-6-3-4-9-15(11)16(19)17-14-8-5-7-13(10-14)12(2)18/h3-10,12,18H,1-2H3,(H,17,19)/t12-/m1/s1. The van der Waals surface area contributed by atoms with Gasteiger partial charge >= 0.3 is 0 Å². The van der Waals surface area contributed by atoms with Gasteiger partial charge < -0.3 is 10.4 Å². The molecule has 1 atom stereocenters. The fourth-order valence-corrected chi connectivity index (χ4v) is 1.90. The highest BCUT2D eigenvalue weighted by Crippen LogP contribution is 2.18. The number of nitrogens with one attached hydrogen (secondary N) is 1. The van der Waals surface area contributed by atoms with Gasteiger partial charge in [-0.25, -0.2) is 0 Å². The van der Waals surface area contributed by atoms with Crippen molar-refractivity contribution in [2.45, 2.75) is 20.0 Å². The van der Waals surface area contributed by atoms with Gasteiger partial charge in [-0.05, 0) is 43.2 Å². The maximum absolute atomic E-state index is 12.1. The average Bonchev–Trinajstić information content (AvgIpc) is 2.39. The summed E-state index contributed by atoms with van der Waals surface area (Å²) in [6.45, 7) is 3.60. The molecule has 0 aliphatic heterocycles. The van der Waals surface area contributed by atoms with Crippen molar-refractivity contribution in [3.8, 4) is 0 Å². The van der Waals surface area contributed by atoms with Gasteiger partial charge in [0.25, 0.3) is 5.91 Å². The lowest BCUT2D eigenvalue weighted by molar-refractivity contribution is 0.102. The third-order valence-electron chi connectivity index (χ3n) is 3.02. The summed E-state index contributed by atoms with van der Waals surface area (Å²) in [6.07, 6.45) is -0.546. The Morgan fingerprint density at radius 3 is 2.58 bits per heavy atom. The number of carbonyl (C=O) groups is 1. The second kappa shape index (κ2) is 5.67. The summed E-state index contributed by atoms with van der Waals surface area (Å²) >= 11 is 0. The molecule has 3 heteroatoms. The predicted octanol–water partition coefficient (Wildman–Crippen LogP) is 3.30. The topological polar surface area (TPSA) is 49.3 Å². The first kappa shape index (κ1) is 13.3. The predicted molar refractivity (Wildman–Crippen MR) is 76.2 cm³/mol. The Bertz CT molecular complexity index is 591. The molecule has 0 saturated carbocycles. The zero-order chi connectivity index (χ0) is 13.8. The third-order valence-corrected chi connectivity index (χ3v) is 3.02. The minimum Gasteiger partial charge on any atom is -0.389 e. The Kier molecular flexibility index (Phi) is 3.97. The van der Waals surface area contributed by atoms with Crippen molar-refractivity contribution < 1.29 is 9.90 Å². The summed E-state index contributed by atoms with van der Waals surface area (Å²) in [5, 5.41) is 12.4. The van der Waals surface area contributed by atoms with Gasteiger partial charge in [0.1, 0.15) is 0 Å². The summed E-state index contributed by atoms with van der Waals surface area (Å²) in [7, 11) is 0. The Balaban J connectivity index is 2.20. The van der Waals surface area contributed by atoms with Crippen LogP contribution >= 0.6 is 0 Å². The van der Waals surface area contributed by atoms with E-state index in [0.717, 1.165) is 11.1 Å². The number of rotatable bonds is 3. The molecule has 0 spiro atoms. The molecule has 2 rings (SSSR count). The molecule has 0 radical (unpaired) electrons. The van der Waals surface area contributed by atoms with E-state index in [1.807, 2.05) is 43.3 Å². The van der Waals surface area contributed by atoms with Gasteiger partial charge in [0.15, 0.2) is 0 Å². The van der Waals surface area contributed by atoms with Gasteiger partial charge in [-0.2, -0.15) is 0 Å². The number of aryl methyl sites for hydroxylation is 1. The van der Waals surface area contributed by atoms with Crippen LogP contribution in [0.2, 0.25) is 0 Å². The van der Waals surface area contributed by atoms with Crippen molar-refractivity contribution in [1.29, 1.82) is 0 Å². The highest BCUT2D eigenvalue weighted by molar-refractivity contribution is 6.05. The number of anilines is 1. The largest absolute Gasteiger partial charge is 0.389 e. The van der Waals surface area contributed by atoms with Crippen molar-refractivity contribution in [1.82, 2.24) is 0 Å². The Labute approximate surface area is 112 Å². The summed E-state index contributed by atoms with van der Waals surface area (Å²) in [5.41, 5.74) is 3.06. The molecule has 2 aromatic rings. The molecular formula is C16H17NO2. The first-order valence-electron chi connectivity index (χ1n) is 6.23. The zero-order valence-electron chi connectivity index (χ0n) is 11.1. The molecule has 0 saturated heterocycles. The average molecular weight is 255 g/mol. The minimum atomic E-state index is -0.546. The van der Waals surface area contributed by atoms with Crippen LogP contribution in [0, 0.1) is 6.92 Å². The molecule has 98 valence electrons. The number of benzene rings is 2. The second-order valence-electron chi connectivity index (χ2n) is 4.57. The van der Waals surface area contributed by atoms with Crippen LogP contribution in [0.15, 0.2) is 48.5 Å². The van der Waals surface area contributed by atoms with Crippen molar-refractivity contribution in [2.24, 2.45) is 0 Å². The highest BCUT2D eigenvalue weighted by atomic mass is 16.3. The number of carbonyl (C=O) groups excluding carboxylic acids is 1. The normalized spacial score (nSPS) is 11.9. The Hall–Kier alpha value is -2.13. The maximum atomic E-state index is 12.1. The first-order valence-corrected chi connectivity index (χ1v) is 6.23. The number of amides is 1. The molecule has 0 unspecified atom stereocenters. The van der Waals surface area contributed by atoms with Gasteiger partial charge in [-0.15, -0.1) is 0 Å². The van der Waals surface area contributed by atoms with Gasteiger partial charge in [0.05, 0.1) is 6.10 Å². The number of hydrogen-bond donors (Lipinski definition) is 2. The van der Waals surface area contributed by atoms with Crippen LogP contribution in [0.4, 0.5) is 5.69 Å². The summed E-state index contributed by atoms with van der Waals surface area (Å²) in [4.78, 5) is 12.1. The molecule has 0 aliphatic carbocycles. The lowest BCUT2D eigenvalue weighted by Gasteiger charge is -2.10. The van der Waals surface area contributed by atoms with E-state index in [-0.39, 0.29) is 5.91 Å². The summed E-state index contributed by atoms with van der Waals surface area (Å²) < 4.78 is 0. The van der Waals surface area contributed by atoms with E-state index in [9.17, 15) is 9.90 Å². The minimum absolute atomic E-state index is 0.138. The fraction of sp³-hybridized carbons (Fsp3) is 0.188. The fourth-order valence-electron chi connectivity index (χ4n) is 1.90. The molecule has 3 nitrogen and oxygen atoms in total. The molecule has 0 bridgehead atoms. The third kappa shape index (κ3) is 3.20. The van der Waals surface area contributed by atoms with E-state index in [1.54, 1.807) is 19.1 Å². The summed E-state index contributed by atoms with van der Waals surface area (Å²) in [5.74, 6) is -0.138. The quantitative estimate of drug-likeness (QED) is 0.884. The maximum Gasteiger partial charge on any atom is 0.255 e. The van der Waals surface area contributed by atoms with E-state index in [2.05, 4.69) is 5.32 Å². The summed E-state index contributed by atoms with van der Waals surface area (Å²) in [6, 6.07) is 14.7. The molecule has 1 amide bonds. The van der Waals surface area contributed by atoms with Crippen LogP contribution in [-0.2, 0) is 0 Å². The SMILES string of the molecule is Cc1ccccc1C(=O)Nc1cccc([C@@H](C)O)c1. The number of aliphatic hydroxyl groups excluding tert-OH is 1. The molecule has 0 aliphatic rings. The van der Waals surface area contributed by atoms with Crippen molar-refractivity contribution in [3.05, 3.63) is 65.2 Å². The molecular weight excluding hydrogens is 238 g/mol. The monoisotopic (exact) mass is 255 g/mol. The van der Waals surface area contributed by atoms with Crippen LogP contribution in [-0.4, -0.2) is 11.0 Å². The van der Waals surface area contributed by atoms with E-state index in [0.29, 0.717) is 11.3 Å². The molecule has 2 N–H and O–H groups in total. The van der Waals surface area contributed by atoms with Crippen LogP contribution in [0.25, 0.3) is 0 Å².